The fourth-order valence-corrected chi connectivity index (χ4v) is 1.93. The second-order valence-corrected chi connectivity index (χ2v) is 9.09. The molecule has 16 heavy (non-hydrogen) atoms. The molecule has 90 valence electrons. The molecular weight excluding hydrogens is 223 g/mol. The van der Waals surface area contributed by atoms with Crippen LogP contribution in [0.2, 0.25) is 19.6 Å². The van der Waals surface area contributed by atoms with Crippen LogP contribution in [0.3, 0.4) is 0 Å². The molecule has 0 bridgehead atoms. The number of halogens is 1. The summed E-state index contributed by atoms with van der Waals surface area (Å²) >= 11 is 0. The average Bonchev–Trinajstić information content (AvgIpc) is 2.28. The monoisotopic (exact) mass is 242 g/mol. The van der Waals surface area contributed by atoms with E-state index >= 15 is 0 Å². The quantitative estimate of drug-likeness (QED) is 0.711. The highest BCUT2D eigenvalue weighted by Crippen LogP contribution is 2.13. The molecule has 0 N–H and O–H groups in total. The van der Waals surface area contributed by atoms with E-state index in [1.165, 1.54) is 0 Å². The van der Waals surface area contributed by atoms with Crippen LogP contribution in [0.4, 0.5) is 4.39 Å². The predicted octanol–water partition coefficient (Wildman–Crippen LogP) is 2.90. The van der Waals surface area contributed by atoms with Crippen molar-refractivity contribution in [3.05, 3.63) is 24.0 Å². The Morgan fingerprint density at radius 1 is 1.44 bits per heavy atom. The number of aliphatic imine (C=N–C) groups is 1. The van der Waals surface area contributed by atoms with Crippen molar-refractivity contribution in [2.24, 2.45) is 4.99 Å². The van der Waals surface area contributed by atoms with Crippen molar-refractivity contribution in [1.82, 2.24) is 4.90 Å². The molecule has 0 saturated heterocycles. The van der Waals surface area contributed by atoms with Crippen LogP contribution < -0.4 is 0 Å². The van der Waals surface area contributed by atoms with E-state index in [1.807, 2.05) is 30.3 Å². The largest absolute Gasteiger partial charge is 0.519 e. The number of allylic oxidation sites excluding steroid dienone is 3. The maximum Gasteiger partial charge on any atom is 0.282 e. The fourth-order valence-electron chi connectivity index (χ4n) is 1.19. The summed E-state index contributed by atoms with van der Waals surface area (Å²) in [4.78, 5) is 6.16. The fraction of sp³-hybridized carbons (Fsp3) is 0.545. The Morgan fingerprint density at radius 3 is 2.69 bits per heavy atom. The van der Waals surface area contributed by atoms with E-state index in [-0.39, 0.29) is 0 Å². The summed E-state index contributed by atoms with van der Waals surface area (Å²) in [7, 11) is 0.188. The molecular formula is C11H19FN2OSi. The first kappa shape index (κ1) is 13.0. The summed E-state index contributed by atoms with van der Waals surface area (Å²) in [5, 5.41) is 0. The molecule has 0 radical (unpaired) electrons. The molecule has 1 rings (SSSR count). The molecule has 0 aliphatic carbocycles. The van der Waals surface area contributed by atoms with Crippen LogP contribution >= 0.6 is 0 Å². The van der Waals surface area contributed by atoms with E-state index in [1.54, 1.807) is 0 Å². The van der Waals surface area contributed by atoms with E-state index in [4.69, 9.17) is 4.43 Å². The first-order valence-corrected chi connectivity index (χ1v) is 8.77. The van der Waals surface area contributed by atoms with Gasteiger partial charge in [-0.05, 0) is 31.8 Å². The molecule has 0 saturated carbocycles. The Labute approximate surface area is 97.4 Å². The highest BCUT2D eigenvalue weighted by atomic mass is 28.4. The van der Waals surface area contributed by atoms with Crippen molar-refractivity contribution < 1.29 is 8.82 Å². The molecule has 0 aromatic heterocycles. The van der Waals surface area contributed by atoms with Crippen molar-refractivity contribution in [2.45, 2.75) is 26.1 Å². The number of amidine groups is 1. The summed E-state index contributed by atoms with van der Waals surface area (Å²) in [5.74, 6) is 0. The van der Waals surface area contributed by atoms with Crippen LogP contribution in [0.5, 0.6) is 0 Å². The van der Waals surface area contributed by atoms with Crippen LogP contribution in [-0.4, -0.2) is 33.0 Å². The minimum atomic E-state index is -1.69. The maximum absolute atomic E-state index is 12.3. The zero-order valence-corrected chi connectivity index (χ0v) is 11.3. The normalized spacial score (nSPS) is 16.7. The van der Waals surface area contributed by atoms with Gasteiger partial charge in [0, 0.05) is 25.4 Å². The zero-order chi connectivity index (χ0) is 12.2. The van der Waals surface area contributed by atoms with Gasteiger partial charge in [-0.2, -0.15) is 0 Å². The van der Waals surface area contributed by atoms with Gasteiger partial charge < -0.3 is 9.33 Å². The van der Waals surface area contributed by atoms with Gasteiger partial charge in [-0.1, -0.05) is 0 Å². The van der Waals surface area contributed by atoms with Crippen LogP contribution in [0, 0.1) is 0 Å². The SMILES string of the molecule is CN1C=CC=C(CCF)N=C1O[Si](C)(C)C. The molecule has 0 fully saturated rings. The van der Waals surface area contributed by atoms with Gasteiger partial charge in [0.25, 0.3) is 6.02 Å². The lowest BCUT2D eigenvalue weighted by Crippen LogP contribution is -2.35. The lowest BCUT2D eigenvalue weighted by Gasteiger charge is -2.24. The molecule has 0 aromatic carbocycles. The highest BCUT2D eigenvalue weighted by Gasteiger charge is 2.21. The Bertz CT molecular complexity index is 331. The molecule has 0 aromatic rings. The third kappa shape index (κ3) is 4.18. The van der Waals surface area contributed by atoms with Gasteiger partial charge in [0.15, 0.2) is 0 Å². The van der Waals surface area contributed by atoms with Crippen molar-refractivity contribution in [3.63, 3.8) is 0 Å². The van der Waals surface area contributed by atoms with Crippen LogP contribution in [-0.2, 0) is 4.43 Å². The maximum atomic E-state index is 12.3. The Morgan fingerprint density at radius 2 is 2.12 bits per heavy atom. The summed E-state index contributed by atoms with van der Waals surface area (Å²) < 4.78 is 18.1. The molecule has 0 unspecified atom stereocenters. The van der Waals surface area contributed by atoms with Gasteiger partial charge in [0.2, 0.25) is 8.32 Å². The molecule has 1 aliphatic rings. The summed E-state index contributed by atoms with van der Waals surface area (Å²) in [6.45, 7) is 5.89. The Kier molecular flexibility index (Phi) is 4.29. The Balaban J connectivity index is 2.86. The number of rotatable bonds is 3. The first-order chi connectivity index (χ1) is 7.42. The third-order valence-corrected chi connectivity index (χ3v) is 2.68. The van der Waals surface area contributed by atoms with Gasteiger partial charge >= 0.3 is 0 Å². The first-order valence-electron chi connectivity index (χ1n) is 5.36. The summed E-state index contributed by atoms with van der Waals surface area (Å²) in [6.07, 6.45) is 5.87. The molecule has 1 heterocycles. The molecule has 0 spiro atoms. The summed E-state index contributed by atoms with van der Waals surface area (Å²) in [6, 6.07) is 0.563. The molecule has 1 aliphatic heterocycles. The van der Waals surface area contributed by atoms with E-state index in [2.05, 4.69) is 24.6 Å². The van der Waals surface area contributed by atoms with Crippen LogP contribution in [0.1, 0.15) is 6.42 Å². The smallest absolute Gasteiger partial charge is 0.282 e. The molecule has 0 amide bonds. The van der Waals surface area contributed by atoms with Crippen molar-refractivity contribution in [1.29, 1.82) is 0 Å². The minimum Gasteiger partial charge on any atom is -0.519 e. The van der Waals surface area contributed by atoms with Crippen LogP contribution in [0.25, 0.3) is 0 Å². The molecule has 0 atom stereocenters. The van der Waals surface area contributed by atoms with Gasteiger partial charge in [0.05, 0.1) is 6.67 Å². The van der Waals surface area contributed by atoms with E-state index in [0.29, 0.717) is 12.4 Å². The predicted molar refractivity (Wildman–Crippen MR) is 67.4 cm³/mol. The average molecular weight is 242 g/mol. The number of hydrogen-bond acceptors (Lipinski definition) is 3. The van der Waals surface area contributed by atoms with Crippen molar-refractivity contribution in [2.75, 3.05) is 13.7 Å². The van der Waals surface area contributed by atoms with Crippen molar-refractivity contribution in [3.8, 4) is 0 Å². The number of alkyl halides is 1. The molecule has 5 heteroatoms. The minimum absolute atomic E-state index is 0.330. The van der Waals surface area contributed by atoms with Crippen LogP contribution in [0.15, 0.2) is 29.0 Å². The van der Waals surface area contributed by atoms with E-state index in [0.717, 1.165) is 5.70 Å². The van der Waals surface area contributed by atoms with Crippen molar-refractivity contribution >= 4 is 14.3 Å². The lowest BCUT2D eigenvalue weighted by molar-refractivity contribution is 0.447. The zero-order valence-electron chi connectivity index (χ0n) is 10.3. The second kappa shape index (κ2) is 5.29. The lowest BCUT2D eigenvalue weighted by atomic mass is 10.3. The van der Waals surface area contributed by atoms with Gasteiger partial charge in [-0.25, -0.2) is 4.99 Å². The van der Waals surface area contributed by atoms with Gasteiger partial charge in [-0.15, -0.1) is 0 Å². The summed E-state index contributed by atoms with van der Waals surface area (Å²) in [5.41, 5.74) is 0.719. The van der Waals surface area contributed by atoms with E-state index in [9.17, 15) is 4.39 Å². The molecule has 3 nitrogen and oxygen atoms in total. The topological polar surface area (TPSA) is 24.8 Å². The highest BCUT2D eigenvalue weighted by molar-refractivity contribution is 6.71. The second-order valence-electron chi connectivity index (χ2n) is 4.66. The third-order valence-electron chi connectivity index (χ3n) is 1.89. The Hall–Kier alpha value is -1.10. The standard InChI is InChI=1S/C11H19FN2OSi/c1-14-9-5-6-10(7-8-12)13-11(14)15-16(2,3)4/h5-6,9H,7-8H2,1-4H3. The van der Waals surface area contributed by atoms with Gasteiger partial charge in [0.1, 0.15) is 0 Å². The number of nitrogens with zero attached hydrogens (tertiary/aromatic N) is 2. The number of hydrogen-bond donors (Lipinski definition) is 0. The van der Waals surface area contributed by atoms with Gasteiger partial charge in [-0.3, -0.25) is 4.39 Å². The van der Waals surface area contributed by atoms with E-state index < -0.39 is 15.0 Å².